The van der Waals surface area contributed by atoms with Crippen molar-refractivity contribution in [3.05, 3.63) is 41.6 Å². The quantitative estimate of drug-likeness (QED) is 0.852. The van der Waals surface area contributed by atoms with Gasteiger partial charge in [0.15, 0.2) is 0 Å². The highest BCUT2D eigenvalue weighted by Gasteiger charge is 2.13. The number of hydrogen-bond donors (Lipinski definition) is 1. The van der Waals surface area contributed by atoms with Crippen LogP contribution < -0.4 is 5.73 Å². The minimum atomic E-state index is -0.571. The van der Waals surface area contributed by atoms with E-state index >= 15 is 0 Å². The zero-order valence-electron chi connectivity index (χ0n) is 11.2. The molecule has 2 N–H and O–H groups in total. The molecule has 1 atom stereocenters. The van der Waals surface area contributed by atoms with Crippen LogP contribution in [0.5, 0.6) is 0 Å². The lowest BCUT2D eigenvalue weighted by Crippen LogP contribution is -2.31. The lowest BCUT2D eigenvalue weighted by atomic mass is 10.0. The Morgan fingerprint density at radius 2 is 2.21 bits per heavy atom. The molecule has 0 unspecified atom stereocenters. The molecule has 0 aliphatic carbocycles. The Hall–Kier alpha value is -1.94. The Labute approximate surface area is 112 Å². The number of nitrogens with two attached hydrogens (primary N) is 1. The number of pyridine rings is 1. The maximum Gasteiger partial charge on any atom is 0.322 e. The third kappa shape index (κ3) is 3.29. The lowest BCUT2D eigenvalue weighted by molar-refractivity contribution is -0.142. The van der Waals surface area contributed by atoms with Gasteiger partial charge in [-0.1, -0.05) is 12.1 Å². The summed E-state index contributed by atoms with van der Waals surface area (Å²) in [6.45, 7) is 2.05. The average Bonchev–Trinajstić information content (AvgIpc) is 2.43. The van der Waals surface area contributed by atoms with Crippen LogP contribution in [0.25, 0.3) is 10.9 Å². The van der Waals surface area contributed by atoms with E-state index in [4.69, 9.17) is 5.73 Å². The highest BCUT2D eigenvalue weighted by atomic mass is 16.5. The van der Waals surface area contributed by atoms with Gasteiger partial charge in [-0.15, -0.1) is 0 Å². The van der Waals surface area contributed by atoms with Crippen molar-refractivity contribution in [2.75, 3.05) is 7.11 Å². The third-order valence-corrected chi connectivity index (χ3v) is 3.14. The highest BCUT2D eigenvalue weighted by Crippen LogP contribution is 2.16. The number of carbonyl (C=O) groups is 1. The largest absolute Gasteiger partial charge is 0.468 e. The molecular formula is C15H18N2O2. The summed E-state index contributed by atoms with van der Waals surface area (Å²) in [6, 6.07) is 7.69. The van der Waals surface area contributed by atoms with E-state index in [1.54, 1.807) is 0 Å². The Balaban J connectivity index is 2.09. The van der Waals surface area contributed by atoms with E-state index in [2.05, 4.69) is 34.0 Å². The zero-order chi connectivity index (χ0) is 13.8. The van der Waals surface area contributed by atoms with Gasteiger partial charge >= 0.3 is 5.97 Å². The van der Waals surface area contributed by atoms with Crippen LogP contribution >= 0.6 is 0 Å². The Morgan fingerprint density at radius 1 is 1.42 bits per heavy atom. The predicted octanol–water partition coefficient (Wildman–Crippen LogP) is 1.98. The van der Waals surface area contributed by atoms with Crippen LogP contribution in [-0.4, -0.2) is 24.1 Å². The van der Waals surface area contributed by atoms with Crippen molar-refractivity contribution in [3.8, 4) is 0 Å². The summed E-state index contributed by atoms with van der Waals surface area (Å²) in [5.74, 6) is -0.371. The molecule has 0 spiro atoms. The number of nitrogens with zero attached hydrogens (tertiary/aromatic N) is 1. The number of fused-ring (bicyclic) bond motifs is 1. The van der Waals surface area contributed by atoms with Gasteiger partial charge in [0.25, 0.3) is 0 Å². The van der Waals surface area contributed by atoms with Crippen molar-refractivity contribution >= 4 is 16.9 Å². The van der Waals surface area contributed by atoms with Gasteiger partial charge in [-0.3, -0.25) is 9.78 Å². The summed E-state index contributed by atoms with van der Waals surface area (Å²) in [4.78, 5) is 15.6. The molecule has 0 saturated carbocycles. The fourth-order valence-electron chi connectivity index (χ4n) is 2.01. The van der Waals surface area contributed by atoms with E-state index in [0.717, 1.165) is 16.5 Å². The van der Waals surface area contributed by atoms with E-state index in [0.29, 0.717) is 12.8 Å². The summed E-state index contributed by atoms with van der Waals surface area (Å²) >= 11 is 0. The van der Waals surface area contributed by atoms with Gasteiger partial charge < -0.3 is 10.5 Å². The molecule has 1 aromatic heterocycles. The van der Waals surface area contributed by atoms with E-state index in [1.807, 2.05) is 13.1 Å². The fraction of sp³-hybridized carbons (Fsp3) is 0.333. The molecule has 0 bridgehead atoms. The molecule has 19 heavy (non-hydrogen) atoms. The SMILES string of the molecule is COC(=O)[C@H](N)CCc1cnc2cc(C)ccc2c1. The maximum atomic E-state index is 11.2. The lowest BCUT2D eigenvalue weighted by Gasteiger charge is -2.09. The highest BCUT2D eigenvalue weighted by molar-refractivity contribution is 5.79. The topological polar surface area (TPSA) is 65.2 Å². The molecular weight excluding hydrogens is 240 g/mol. The first kappa shape index (κ1) is 13.5. The van der Waals surface area contributed by atoms with Gasteiger partial charge in [-0.25, -0.2) is 0 Å². The number of rotatable bonds is 4. The van der Waals surface area contributed by atoms with E-state index in [-0.39, 0.29) is 5.97 Å². The molecule has 2 aromatic rings. The van der Waals surface area contributed by atoms with Crippen LogP contribution in [0.15, 0.2) is 30.5 Å². The first-order valence-electron chi connectivity index (χ1n) is 6.29. The molecule has 1 heterocycles. The van der Waals surface area contributed by atoms with Crippen molar-refractivity contribution in [2.45, 2.75) is 25.8 Å². The number of hydrogen-bond acceptors (Lipinski definition) is 4. The first-order valence-corrected chi connectivity index (χ1v) is 6.29. The Morgan fingerprint density at radius 3 is 2.95 bits per heavy atom. The molecule has 0 aliphatic rings. The molecule has 4 heteroatoms. The van der Waals surface area contributed by atoms with Crippen LogP contribution in [0.3, 0.4) is 0 Å². The normalized spacial score (nSPS) is 12.4. The van der Waals surface area contributed by atoms with Crippen molar-refractivity contribution in [2.24, 2.45) is 5.73 Å². The van der Waals surface area contributed by atoms with Gasteiger partial charge in [0.05, 0.1) is 12.6 Å². The molecule has 4 nitrogen and oxygen atoms in total. The summed E-state index contributed by atoms with van der Waals surface area (Å²) in [7, 11) is 1.35. The number of aryl methyl sites for hydroxylation is 2. The van der Waals surface area contributed by atoms with Crippen LogP contribution in [0, 0.1) is 6.92 Å². The molecule has 0 amide bonds. The number of esters is 1. The second kappa shape index (κ2) is 5.80. The Bertz CT molecular complexity index is 596. The van der Waals surface area contributed by atoms with Crippen LogP contribution in [0.1, 0.15) is 17.5 Å². The van der Waals surface area contributed by atoms with Gasteiger partial charge in [0.2, 0.25) is 0 Å². The number of carbonyl (C=O) groups excluding carboxylic acids is 1. The van der Waals surface area contributed by atoms with Gasteiger partial charge in [0.1, 0.15) is 6.04 Å². The summed E-state index contributed by atoms with van der Waals surface area (Å²) in [6.07, 6.45) is 3.12. The second-order valence-electron chi connectivity index (χ2n) is 4.71. The van der Waals surface area contributed by atoms with E-state index in [9.17, 15) is 4.79 Å². The van der Waals surface area contributed by atoms with Crippen molar-refractivity contribution < 1.29 is 9.53 Å². The first-order chi connectivity index (χ1) is 9.10. The molecule has 1 aromatic carbocycles. The monoisotopic (exact) mass is 258 g/mol. The number of methoxy groups -OCH3 is 1. The number of ether oxygens (including phenoxy) is 1. The van der Waals surface area contributed by atoms with Crippen molar-refractivity contribution in [3.63, 3.8) is 0 Å². The van der Waals surface area contributed by atoms with Gasteiger partial charge in [-0.2, -0.15) is 0 Å². The molecule has 0 fully saturated rings. The number of aromatic nitrogens is 1. The Kier molecular flexibility index (Phi) is 4.12. The summed E-state index contributed by atoms with van der Waals surface area (Å²) in [5.41, 5.74) is 8.97. The van der Waals surface area contributed by atoms with Gasteiger partial charge in [0, 0.05) is 11.6 Å². The van der Waals surface area contributed by atoms with E-state index < -0.39 is 6.04 Å². The summed E-state index contributed by atoms with van der Waals surface area (Å²) < 4.78 is 4.60. The molecule has 0 radical (unpaired) electrons. The van der Waals surface area contributed by atoms with Crippen LogP contribution in [-0.2, 0) is 16.0 Å². The van der Waals surface area contributed by atoms with Crippen molar-refractivity contribution in [1.29, 1.82) is 0 Å². The smallest absolute Gasteiger partial charge is 0.322 e. The fourth-order valence-corrected chi connectivity index (χ4v) is 2.01. The van der Waals surface area contributed by atoms with Crippen LogP contribution in [0.4, 0.5) is 0 Å². The minimum absolute atomic E-state index is 0.371. The maximum absolute atomic E-state index is 11.2. The molecule has 0 aliphatic heterocycles. The molecule has 0 saturated heterocycles. The minimum Gasteiger partial charge on any atom is -0.468 e. The van der Waals surface area contributed by atoms with E-state index in [1.165, 1.54) is 12.7 Å². The summed E-state index contributed by atoms with van der Waals surface area (Å²) in [5, 5.41) is 1.11. The third-order valence-electron chi connectivity index (χ3n) is 3.14. The van der Waals surface area contributed by atoms with Gasteiger partial charge in [-0.05, 0) is 43.0 Å². The molecule has 2 rings (SSSR count). The van der Waals surface area contributed by atoms with Crippen molar-refractivity contribution in [1.82, 2.24) is 4.98 Å². The predicted molar refractivity (Wildman–Crippen MR) is 74.8 cm³/mol. The molecule has 100 valence electrons. The van der Waals surface area contributed by atoms with Crippen LogP contribution in [0.2, 0.25) is 0 Å². The zero-order valence-corrected chi connectivity index (χ0v) is 11.2. The standard InChI is InChI=1S/C15H18N2O2/c1-10-3-5-12-8-11(9-17-14(12)7-10)4-6-13(16)15(18)19-2/h3,5,7-9,13H,4,6,16H2,1-2H3/t13-/m1/s1. The second-order valence-corrected chi connectivity index (χ2v) is 4.71. The number of benzene rings is 1. The average molecular weight is 258 g/mol.